The highest BCUT2D eigenvalue weighted by atomic mass is 35.5. The van der Waals surface area contributed by atoms with Gasteiger partial charge in [0, 0.05) is 5.88 Å². The van der Waals surface area contributed by atoms with Crippen molar-refractivity contribution in [1.82, 2.24) is 0 Å². The van der Waals surface area contributed by atoms with Crippen molar-refractivity contribution in [2.45, 2.75) is 0 Å². The van der Waals surface area contributed by atoms with Gasteiger partial charge in [0.1, 0.15) is 18.2 Å². The molecule has 2 nitrogen and oxygen atoms in total. The molecule has 0 N–H and O–H groups in total. The number of hydrogen-bond acceptors (Lipinski definition) is 2. The molecule has 0 radical (unpaired) electrons. The largest absolute Gasteiger partial charge is 0.490 e. The summed E-state index contributed by atoms with van der Waals surface area (Å²) in [6.45, 7) is 1.28. The van der Waals surface area contributed by atoms with E-state index < -0.39 is 0 Å². The average molecular weight is 253 g/mol. The Balaban J connectivity index is 2.31. The molecular weight excluding hydrogens is 242 g/mol. The van der Waals surface area contributed by atoms with Crippen LogP contribution in [0.4, 0.5) is 4.39 Å². The minimum Gasteiger partial charge on any atom is -0.490 e. The van der Waals surface area contributed by atoms with Crippen LogP contribution in [0.2, 0.25) is 5.02 Å². The van der Waals surface area contributed by atoms with E-state index in [2.05, 4.69) is 0 Å². The number of rotatable bonds is 6. The molecule has 0 atom stereocenters. The Kier molecular flexibility index (Phi) is 5.76. The van der Waals surface area contributed by atoms with Crippen LogP contribution in [0.3, 0.4) is 0 Å². The van der Waals surface area contributed by atoms with Crippen LogP contribution in [-0.2, 0) is 4.74 Å². The van der Waals surface area contributed by atoms with E-state index in [1.54, 1.807) is 0 Å². The summed E-state index contributed by atoms with van der Waals surface area (Å²) < 4.78 is 23.0. The first kappa shape index (κ1) is 12.6. The smallest absolute Gasteiger partial charge is 0.138 e. The lowest BCUT2D eigenvalue weighted by Gasteiger charge is -2.07. The van der Waals surface area contributed by atoms with Crippen molar-refractivity contribution < 1.29 is 13.9 Å². The maximum absolute atomic E-state index is 12.7. The van der Waals surface area contributed by atoms with Gasteiger partial charge < -0.3 is 9.47 Å². The SMILES string of the molecule is Fc1ccc(OCCOCCCl)c(Cl)c1. The molecule has 1 rings (SSSR count). The van der Waals surface area contributed by atoms with Crippen LogP contribution >= 0.6 is 23.2 Å². The van der Waals surface area contributed by atoms with Gasteiger partial charge in [-0.25, -0.2) is 4.39 Å². The summed E-state index contributed by atoms with van der Waals surface area (Å²) in [5.74, 6) is 0.524. The second-order valence-corrected chi connectivity index (χ2v) is 3.51. The molecule has 1 aromatic carbocycles. The van der Waals surface area contributed by atoms with Gasteiger partial charge in [0.25, 0.3) is 0 Å². The maximum Gasteiger partial charge on any atom is 0.138 e. The zero-order chi connectivity index (χ0) is 11.1. The molecule has 1 aromatic rings. The summed E-state index contributed by atoms with van der Waals surface area (Å²) in [5, 5.41) is 0.257. The highest BCUT2D eigenvalue weighted by molar-refractivity contribution is 6.32. The quantitative estimate of drug-likeness (QED) is 0.572. The van der Waals surface area contributed by atoms with Crippen LogP contribution < -0.4 is 4.74 Å². The van der Waals surface area contributed by atoms with Gasteiger partial charge in [0.15, 0.2) is 0 Å². The van der Waals surface area contributed by atoms with Crippen LogP contribution in [0.1, 0.15) is 0 Å². The number of benzene rings is 1. The highest BCUT2D eigenvalue weighted by Gasteiger charge is 2.02. The standard InChI is InChI=1S/C10H11Cl2FO2/c11-3-4-14-5-6-15-10-2-1-8(13)7-9(10)12/h1-2,7H,3-6H2. The minimum absolute atomic E-state index is 0.257. The van der Waals surface area contributed by atoms with E-state index in [-0.39, 0.29) is 10.8 Å². The molecule has 0 bridgehead atoms. The Labute approximate surface area is 97.9 Å². The van der Waals surface area contributed by atoms with Crippen molar-refractivity contribution in [3.63, 3.8) is 0 Å². The van der Waals surface area contributed by atoms with E-state index in [1.807, 2.05) is 0 Å². The molecule has 0 spiro atoms. The third-order valence-electron chi connectivity index (χ3n) is 1.60. The monoisotopic (exact) mass is 252 g/mol. The van der Waals surface area contributed by atoms with Gasteiger partial charge in [-0.05, 0) is 18.2 Å². The normalized spacial score (nSPS) is 10.3. The fourth-order valence-electron chi connectivity index (χ4n) is 0.959. The van der Waals surface area contributed by atoms with Crippen molar-refractivity contribution in [3.05, 3.63) is 29.0 Å². The molecule has 0 saturated carbocycles. The van der Waals surface area contributed by atoms with Crippen molar-refractivity contribution in [2.75, 3.05) is 25.7 Å². The molecule has 0 saturated heterocycles. The van der Waals surface area contributed by atoms with Crippen molar-refractivity contribution in [2.24, 2.45) is 0 Å². The number of ether oxygens (including phenoxy) is 2. The van der Waals surface area contributed by atoms with E-state index in [0.717, 1.165) is 0 Å². The fourth-order valence-corrected chi connectivity index (χ4v) is 1.29. The molecule has 0 heterocycles. The molecule has 0 aliphatic heterocycles. The maximum atomic E-state index is 12.7. The zero-order valence-corrected chi connectivity index (χ0v) is 9.52. The van der Waals surface area contributed by atoms with Crippen LogP contribution in [-0.4, -0.2) is 25.7 Å². The Bertz CT molecular complexity index is 307. The summed E-state index contributed by atoms with van der Waals surface area (Å²) in [6, 6.07) is 3.98. The van der Waals surface area contributed by atoms with E-state index in [9.17, 15) is 4.39 Å². The lowest BCUT2D eigenvalue weighted by molar-refractivity contribution is 0.111. The van der Waals surface area contributed by atoms with Gasteiger partial charge in [0.2, 0.25) is 0 Å². The molecule has 15 heavy (non-hydrogen) atoms. The Morgan fingerprint density at radius 1 is 1.20 bits per heavy atom. The van der Waals surface area contributed by atoms with Gasteiger partial charge in [-0.1, -0.05) is 11.6 Å². The molecule has 0 aliphatic rings. The molecular formula is C10H11Cl2FO2. The van der Waals surface area contributed by atoms with Crippen LogP contribution in [0.5, 0.6) is 5.75 Å². The second-order valence-electron chi connectivity index (χ2n) is 2.72. The first-order chi connectivity index (χ1) is 7.24. The molecule has 0 aromatic heterocycles. The van der Waals surface area contributed by atoms with Crippen molar-refractivity contribution in [3.8, 4) is 5.75 Å². The Morgan fingerprint density at radius 2 is 2.00 bits per heavy atom. The molecule has 0 unspecified atom stereocenters. The first-order valence-electron chi connectivity index (χ1n) is 4.45. The predicted octanol–water partition coefficient (Wildman–Crippen LogP) is 3.11. The Hall–Kier alpha value is -0.510. The zero-order valence-electron chi connectivity index (χ0n) is 8.01. The summed E-state index contributed by atoms with van der Waals surface area (Å²) in [4.78, 5) is 0. The number of halogens is 3. The topological polar surface area (TPSA) is 18.5 Å². The lowest BCUT2D eigenvalue weighted by Crippen LogP contribution is -2.08. The molecule has 0 amide bonds. The Morgan fingerprint density at radius 3 is 2.67 bits per heavy atom. The summed E-state index contributed by atoms with van der Waals surface area (Å²) in [6.07, 6.45) is 0. The van der Waals surface area contributed by atoms with Gasteiger partial charge in [0.05, 0.1) is 18.2 Å². The van der Waals surface area contributed by atoms with Crippen LogP contribution in [0.25, 0.3) is 0 Å². The number of hydrogen-bond donors (Lipinski definition) is 0. The van der Waals surface area contributed by atoms with E-state index in [0.29, 0.717) is 31.5 Å². The van der Waals surface area contributed by atoms with Crippen LogP contribution in [0, 0.1) is 5.82 Å². The minimum atomic E-state index is -0.384. The van der Waals surface area contributed by atoms with Crippen molar-refractivity contribution >= 4 is 23.2 Å². The predicted molar refractivity (Wildman–Crippen MR) is 58.4 cm³/mol. The first-order valence-corrected chi connectivity index (χ1v) is 5.37. The fraction of sp³-hybridized carbons (Fsp3) is 0.400. The summed E-state index contributed by atoms with van der Waals surface area (Å²) in [7, 11) is 0. The third kappa shape index (κ3) is 4.69. The van der Waals surface area contributed by atoms with E-state index in [1.165, 1.54) is 18.2 Å². The van der Waals surface area contributed by atoms with Gasteiger partial charge >= 0.3 is 0 Å². The van der Waals surface area contributed by atoms with Crippen molar-refractivity contribution in [1.29, 1.82) is 0 Å². The number of alkyl halides is 1. The summed E-state index contributed by atoms with van der Waals surface area (Å²) in [5.41, 5.74) is 0. The second kappa shape index (κ2) is 6.88. The van der Waals surface area contributed by atoms with Crippen LogP contribution in [0.15, 0.2) is 18.2 Å². The average Bonchev–Trinajstić information content (AvgIpc) is 2.20. The molecule has 0 aliphatic carbocycles. The molecule has 5 heteroatoms. The highest BCUT2D eigenvalue weighted by Crippen LogP contribution is 2.24. The third-order valence-corrected chi connectivity index (χ3v) is 2.05. The summed E-state index contributed by atoms with van der Waals surface area (Å²) >= 11 is 11.2. The van der Waals surface area contributed by atoms with Gasteiger partial charge in [-0.15, -0.1) is 11.6 Å². The molecule has 0 fully saturated rings. The lowest BCUT2D eigenvalue weighted by atomic mass is 10.3. The molecule has 84 valence electrons. The van der Waals surface area contributed by atoms with Gasteiger partial charge in [-0.3, -0.25) is 0 Å². The van der Waals surface area contributed by atoms with Gasteiger partial charge in [-0.2, -0.15) is 0 Å². The van der Waals surface area contributed by atoms with E-state index in [4.69, 9.17) is 32.7 Å². The van der Waals surface area contributed by atoms with E-state index >= 15 is 0 Å².